The third-order valence-electron chi connectivity index (χ3n) is 17.5. The van der Waals surface area contributed by atoms with E-state index in [2.05, 4.69) is 92.1 Å². The molecule has 2 aliphatic rings. The molecule has 90 heavy (non-hydrogen) atoms. The van der Waals surface area contributed by atoms with Crippen LogP contribution in [-0.4, -0.2) is 140 Å². The van der Waals surface area contributed by atoms with Crippen LogP contribution >= 0.6 is 0 Å². The van der Waals surface area contributed by atoms with Crippen LogP contribution in [0.3, 0.4) is 0 Å². The Morgan fingerprint density at radius 1 is 0.411 bits per heavy atom. The Bertz CT molecular complexity index is 1830. The molecular formula is C76H135NO13. The summed E-state index contributed by atoms with van der Waals surface area (Å²) in [5.74, 6) is -0.256. The van der Waals surface area contributed by atoms with Crippen LogP contribution in [0.1, 0.15) is 296 Å². The Hall–Kier alpha value is -2.83. The lowest BCUT2D eigenvalue weighted by Gasteiger charge is -2.46. The Morgan fingerprint density at radius 2 is 0.778 bits per heavy atom. The third kappa shape index (κ3) is 43.2. The standard InChI is InChI=1S/C76H135NO13/c1-3-5-7-9-11-13-15-17-19-21-23-25-27-29-30-31-32-33-34-36-37-39-41-43-45-47-49-51-53-55-57-59-65(80)64(63-87-75-73(86)71(84)74(67(62-79)89-75)90-76-72(85)70(83)69(82)66(61-78)88-76)77-68(81)60-58-56-54-52-50-48-46-44-42-40-38-35-28-26-24-22-20-18-16-14-12-10-8-6-4-2/h6,8,12,14,18,20,24,26,41,43,49,51,57,59,64-67,69-76,78-80,82-86H,3-5,7,9-11,13,15-17,19,21-23,25,27-40,42,44-48,50,52-56,58,60-63H2,1-2H3,(H,77,81)/b8-6-,14-12-,20-18-,26-24-,43-41+,51-49+,59-57+. The van der Waals surface area contributed by atoms with Crippen molar-refractivity contribution < 1.29 is 64.6 Å². The van der Waals surface area contributed by atoms with Gasteiger partial charge < -0.3 is 65.1 Å². The lowest BCUT2D eigenvalue weighted by Crippen LogP contribution is -2.65. The van der Waals surface area contributed by atoms with Crippen LogP contribution in [0.4, 0.5) is 0 Å². The van der Waals surface area contributed by atoms with Crippen LogP contribution in [0.5, 0.6) is 0 Å². The average molecular weight is 1270 g/mol. The predicted octanol–water partition coefficient (Wildman–Crippen LogP) is 15.6. The lowest BCUT2D eigenvalue weighted by atomic mass is 9.97. The van der Waals surface area contributed by atoms with Gasteiger partial charge in [0.15, 0.2) is 12.6 Å². The fourth-order valence-electron chi connectivity index (χ4n) is 11.7. The highest BCUT2D eigenvalue weighted by atomic mass is 16.7. The van der Waals surface area contributed by atoms with Gasteiger partial charge in [-0.25, -0.2) is 0 Å². The van der Waals surface area contributed by atoms with E-state index in [1.165, 1.54) is 186 Å². The number of allylic oxidation sites excluding steroid dienone is 13. The summed E-state index contributed by atoms with van der Waals surface area (Å²) in [5.41, 5.74) is 0. The quantitative estimate of drug-likeness (QED) is 0.0204. The minimum atomic E-state index is -1.80. The van der Waals surface area contributed by atoms with Gasteiger partial charge in [-0.15, -0.1) is 0 Å². The van der Waals surface area contributed by atoms with Crippen molar-refractivity contribution in [3.05, 3.63) is 85.1 Å². The van der Waals surface area contributed by atoms with Crippen LogP contribution in [-0.2, 0) is 23.7 Å². The first-order chi connectivity index (χ1) is 44.1. The highest BCUT2D eigenvalue weighted by molar-refractivity contribution is 5.76. The molecule has 12 atom stereocenters. The molecule has 0 radical (unpaired) electrons. The smallest absolute Gasteiger partial charge is 0.220 e. The number of carbonyl (C=O) groups excluding carboxylic acids is 1. The van der Waals surface area contributed by atoms with Crippen molar-refractivity contribution in [2.24, 2.45) is 0 Å². The van der Waals surface area contributed by atoms with Gasteiger partial charge in [0.1, 0.15) is 48.8 Å². The van der Waals surface area contributed by atoms with Crippen molar-refractivity contribution in [1.29, 1.82) is 0 Å². The van der Waals surface area contributed by atoms with Gasteiger partial charge in [-0.1, -0.05) is 292 Å². The monoisotopic (exact) mass is 1270 g/mol. The topological polar surface area (TPSA) is 228 Å². The SMILES string of the molecule is CC/C=C\C/C=C\C/C=C\C/C=C\CCCCCCCCCCCCCCC(=O)NC(COC1OC(CO)C(OC2OC(CO)C(O)C(O)C2O)C(O)C1O)C(O)/C=C/CC/C=C/CC/C=C/CCCCCCCCCCCCCCCCCCCCCCC. The number of amides is 1. The van der Waals surface area contributed by atoms with Crippen molar-refractivity contribution in [1.82, 2.24) is 5.32 Å². The molecule has 0 aromatic heterocycles. The molecule has 0 aliphatic carbocycles. The largest absolute Gasteiger partial charge is 0.394 e. The number of aliphatic hydroxyl groups is 8. The van der Waals surface area contributed by atoms with E-state index in [9.17, 15) is 45.6 Å². The number of unbranched alkanes of at least 4 members (excludes halogenated alkanes) is 35. The van der Waals surface area contributed by atoms with Crippen molar-refractivity contribution in [3.8, 4) is 0 Å². The van der Waals surface area contributed by atoms with Gasteiger partial charge in [0.05, 0.1) is 32.0 Å². The summed E-state index contributed by atoms with van der Waals surface area (Å²) in [6.07, 6.45) is 66.5. The second kappa shape index (κ2) is 59.9. The Labute approximate surface area is 548 Å². The van der Waals surface area contributed by atoms with Crippen molar-refractivity contribution in [2.75, 3.05) is 19.8 Å². The summed E-state index contributed by atoms with van der Waals surface area (Å²) < 4.78 is 22.8. The van der Waals surface area contributed by atoms with E-state index in [4.69, 9.17) is 18.9 Å². The van der Waals surface area contributed by atoms with Crippen LogP contribution < -0.4 is 5.32 Å². The van der Waals surface area contributed by atoms with Gasteiger partial charge in [0.2, 0.25) is 5.91 Å². The highest BCUT2D eigenvalue weighted by Gasteiger charge is 2.51. The molecule has 2 rings (SSSR count). The summed E-state index contributed by atoms with van der Waals surface area (Å²) in [6, 6.07) is -0.946. The summed E-state index contributed by atoms with van der Waals surface area (Å²) in [4.78, 5) is 13.3. The Kier molecular flexibility index (Phi) is 55.4. The van der Waals surface area contributed by atoms with Gasteiger partial charge in [-0.3, -0.25) is 4.79 Å². The molecule has 14 heteroatoms. The maximum atomic E-state index is 13.3. The first kappa shape index (κ1) is 83.3. The van der Waals surface area contributed by atoms with E-state index in [1.54, 1.807) is 6.08 Å². The molecule has 0 aromatic rings. The molecule has 12 unspecified atom stereocenters. The maximum absolute atomic E-state index is 13.3. The van der Waals surface area contributed by atoms with Gasteiger partial charge >= 0.3 is 0 Å². The summed E-state index contributed by atoms with van der Waals surface area (Å²) >= 11 is 0. The van der Waals surface area contributed by atoms with Gasteiger partial charge in [0.25, 0.3) is 0 Å². The number of carbonyl (C=O) groups is 1. The lowest BCUT2D eigenvalue weighted by molar-refractivity contribution is -0.359. The van der Waals surface area contributed by atoms with Crippen LogP contribution in [0, 0.1) is 0 Å². The summed E-state index contributed by atoms with van der Waals surface area (Å²) in [5, 5.41) is 87.5. The molecular weight excluding hydrogens is 1130 g/mol. The number of aliphatic hydroxyl groups excluding tert-OH is 8. The number of hydrogen-bond donors (Lipinski definition) is 9. The van der Waals surface area contributed by atoms with Crippen molar-refractivity contribution in [3.63, 3.8) is 0 Å². The molecule has 2 aliphatic heterocycles. The molecule has 9 N–H and O–H groups in total. The minimum absolute atomic E-state index is 0.256. The maximum Gasteiger partial charge on any atom is 0.220 e. The molecule has 0 saturated carbocycles. The fraction of sp³-hybridized carbons (Fsp3) is 0.803. The molecule has 522 valence electrons. The first-order valence-corrected chi connectivity index (χ1v) is 36.8. The van der Waals surface area contributed by atoms with Crippen LogP contribution in [0.15, 0.2) is 85.1 Å². The Balaban J connectivity index is 1.69. The summed E-state index contributed by atoms with van der Waals surface area (Å²) in [6.45, 7) is 2.69. The number of nitrogens with one attached hydrogen (secondary N) is 1. The van der Waals surface area contributed by atoms with E-state index < -0.39 is 86.8 Å². The zero-order valence-electron chi connectivity index (χ0n) is 56.9. The predicted molar refractivity (Wildman–Crippen MR) is 369 cm³/mol. The van der Waals surface area contributed by atoms with Gasteiger partial charge in [-0.05, 0) is 83.5 Å². The second-order valence-electron chi connectivity index (χ2n) is 25.7. The highest BCUT2D eigenvalue weighted by Crippen LogP contribution is 2.30. The third-order valence-corrected chi connectivity index (χ3v) is 17.5. The van der Waals surface area contributed by atoms with E-state index >= 15 is 0 Å². The van der Waals surface area contributed by atoms with Crippen molar-refractivity contribution >= 4 is 5.91 Å². The molecule has 0 aromatic carbocycles. The van der Waals surface area contributed by atoms with E-state index in [-0.39, 0.29) is 18.9 Å². The minimum Gasteiger partial charge on any atom is -0.394 e. The second-order valence-corrected chi connectivity index (χ2v) is 25.7. The van der Waals surface area contributed by atoms with Crippen molar-refractivity contribution in [2.45, 2.75) is 370 Å². The fourth-order valence-corrected chi connectivity index (χ4v) is 11.7. The molecule has 14 nitrogen and oxygen atoms in total. The number of rotatable bonds is 60. The zero-order chi connectivity index (χ0) is 65.2. The zero-order valence-corrected chi connectivity index (χ0v) is 56.9. The number of ether oxygens (including phenoxy) is 4. The van der Waals surface area contributed by atoms with E-state index in [1.807, 2.05) is 6.08 Å². The van der Waals surface area contributed by atoms with Gasteiger partial charge in [0, 0.05) is 6.42 Å². The van der Waals surface area contributed by atoms with E-state index in [0.29, 0.717) is 12.8 Å². The average Bonchev–Trinajstić information content (AvgIpc) is 1.41. The molecule has 2 heterocycles. The van der Waals surface area contributed by atoms with Crippen LogP contribution in [0.25, 0.3) is 0 Å². The van der Waals surface area contributed by atoms with Crippen LogP contribution in [0.2, 0.25) is 0 Å². The number of hydrogen-bond acceptors (Lipinski definition) is 13. The first-order valence-electron chi connectivity index (χ1n) is 36.8. The normalized spacial score (nSPS) is 23.4. The Morgan fingerprint density at radius 3 is 1.22 bits per heavy atom. The molecule has 2 fully saturated rings. The molecule has 0 bridgehead atoms. The molecule has 1 amide bonds. The summed E-state index contributed by atoms with van der Waals surface area (Å²) in [7, 11) is 0. The molecule has 2 saturated heterocycles. The molecule has 0 spiro atoms. The van der Waals surface area contributed by atoms with E-state index in [0.717, 1.165) is 77.0 Å². The van der Waals surface area contributed by atoms with Gasteiger partial charge in [-0.2, -0.15) is 0 Å².